The van der Waals surface area contributed by atoms with Crippen LogP contribution in [0.1, 0.15) is 6.92 Å². The average Bonchev–Trinajstić information content (AvgIpc) is 2.55. The molecule has 0 aliphatic rings. The first-order valence-electron chi connectivity index (χ1n) is 6.91. The van der Waals surface area contributed by atoms with Gasteiger partial charge in [-0.3, -0.25) is 18.7 Å². The summed E-state index contributed by atoms with van der Waals surface area (Å²) in [6, 6.07) is 8.81. The molecule has 0 spiro atoms. The number of anilines is 2. The summed E-state index contributed by atoms with van der Waals surface area (Å²) in [7, 11) is 2.72. The van der Waals surface area contributed by atoms with E-state index in [1.165, 1.54) is 14.1 Å². The monoisotopic (exact) mass is 318 g/mol. The highest BCUT2D eigenvalue weighted by molar-refractivity contribution is 5.96. The Morgan fingerprint density at radius 3 is 2.39 bits per heavy atom. The third-order valence-corrected chi connectivity index (χ3v) is 3.38. The van der Waals surface area contributed by atoms with Crippen molar-refractivity contribution in [2.75, 3.05) is 11.1 Å². The first-order chi connectivity index (χ1) is 10.8. The Hall–Kier alpha value is -3.03. The van der Waals surface area contributed by atoms with E-state index in [9.17, 15) is 14.4 Å². The van der Waals surface area contributed by atoms with Crippen molar-refractivity contribution in [3.05, 3.63) is 51.2 Å². The zero-order chi connectivity index (χ0) is 17.1. The maximum Gasteiger partial charge on any atom is 0.332 e. The quantitative estimate of drug-likeness (QED) is 0.829. The van der Waals surface area contributed by atoms with Crippen molar-refractivity contribution in [2.45, 2.75) is 13.0 Å². The average molecular weight is 318 g/mol. The van der Waals surface area contributed by atoms with E-state index >= 15 is 0 Å². The number of nitrogens with zero attached hydrogens (tertiary/aromatic N) is 2. The predicted octanol–water partition coefficient (Wildman–Crippen LogP) is 0.0722. The van der Waals surface area contributed by atoms with Crippen molar-refractivity contribution in [1.29, 1.82) is 0 Å². The molecule has 0 aliphatic carbocycles. The van der Waals surface area contributed by atoms with Crippen LogP contribution >= 0.6 is 0 Å². The Morgan fingerprint density at radius 2 is 1.78 bits per heavy atom. The van der Waals surface area contributed by atoms with Gasteiger partial charge in [0, 0.05) is 14.1 Å². The smallest absolute Gasteiger partial charge is 0.332 e. The van der Waals surface area contributed by atoms with Gasteiger partial charge in [0.25, 0.3) is 11.5 Å². The summed E-state index contributed by atoms with van der Waals surface area (Å²) in [6.45, 7) is 1.55. The van der Waals surface area contributed by atoms with E-state index < -0.39 is 23.3 Å². The SMILES string of the molecule is CC(Oc1ccccc1)C(=O)Nc1c(N)n(C)c(=O)n(C)c1=O. The Labute approximate surface area is 132 Å². The molecule has 2 aromatic rings. The van der Waals surface area contributed by atoms with Crippen molar-refractivity contribution in [1.82, 2.24) is 9.13 Å². The number of benzene rings is 1. The van der Waals surface area contributed by atoms with Crippen LogP contribution in [0, 0.1) is 0 Å². The predicted molar refractivity (Wildman–Crippen MR) is 86.5 cm³/mol. The van der Waals surface area contributed by atoms with Gasteiger partial charge in [-0.2, -0.15) is 0 Å². The Balaban J connectivity index is 2.24. The molecule has 0 radical (unpaired) electrons. The summed E-state index contributed by atoms with van der Waals surface area (Å²) in [4.78, 5) is 36.0. The van der Waals surface area contributed by atoms with E-state index in [4.69, 9.17) is 10.5 Å². The Bertz CT molecular complexity index is 839. The molecule has 122 valence electrons. The Kier molecular flexibility index (Phi) is 4.54. The van der Waals surface area contributed by atoms with Gasteiger partial charge < -0.3 is 15.8 Å². The molecule has 0 bridgehead atoms. The molecule has 0 aliphatic heterocycles. The summed E-state index contributed by atoms with van der Waals surface area (Å²) in [5, 5.41) is 2.43. The zero-order valence-corrected chi connectivity index (χ0v) is 13.1. The lowest BCUT2D eigenvalue weighted by Crippen LogP contribution is -2.41. The molecule has 8 nitrogen and oxygen atoms in total. The topological polar surface area (TPSA) is 108 Å². The molecule has 1 amide bonds. The van der Waals surface area contributed by atoms with E-state index in [0.717, 1.165) is 9.13 Å². The fraction of sp³-hybridized carbons (Fsp3) is 0.267. The van der Waals surface area contributed by atoms with Gasteiger partial charge in [0.15, 0.2) is 6.10 Å². The van der Waals surface area contributed by atoms with Gasteiger partial charge in [0.2, 0.25) is 0 Å². The lowest BCUT2D eigenvalue weighted by molar-refractivity contribution is -0.122. The standard InChI is InChI=1S/C15H18N4O4/c1-9(23-10-7-5-4-6-8-10)13(20)17-11-12(16)18(2)15(22)19(3)14(11)21/h4-9H,16H2,1-3H3,(H,17,20). The van der Waals surface area contributed by atoms with Gasteiger partial charge in [-0.15, -0.1) is 0 Å². The first-order valence-corrected chi connectivity index (χ1v) is 6.91. The molecule has 1 aromatic carbocycles. The van der Waals surface area contributed by atoms with Crippen LogP contribution in [0.5, 0.6) is 5.75 Å². The van der Waals surface area contributed by atoms with Gasteiger partial charge in [-0.25, -0.2) is 4.79 Å². The van der Waals surface area contributed by atoms with E-state index in [0.29, 0.717) is 5.75 Å². The summed E-state index contributed by atoms with van der Waals surface area (Å²) in [5.74, 6) is -0.133. The fourth-order valence-corrected chi connectivity index (χ4v) is 1.96. The number of nitrogens with one attached hydrogen (secondary N) is 1. The first kappa shape index (κ1) is 16.3. The minimum Gasteiger partial charge on any atom is -0.481 e. The number of carbonyl (C=O) groups is 1. The van der Waals surface area contributed by atoms with Crippen LogP contribution in [0.25, 0.3) is 0 Å². The molecular weight excluding hydrogens is 300 g/mol. The molecule has 23 heavy (non-hydrogen) atoms. The number of aromatic nitrogens is 2. The highest BCUT2D eigenvalue weighted by Gasteiger charge is 2.20. The van der Waals surface area contributed by atoms with E-state index in [1.807, 2.05) is 6.07 Å². The van der Waals surface area contributed by atoms with Crippen LogP contribution in [-0.2, 0) is 18.9 Å². The van der Waals surface area contributed by atoms with Crippen LogP contribution in [0.15, 0.2) is 39.9 Å². The number of hydrogen-bond donors (Lipinski definition) is 2. The zero-order valence-electron chi connectivity index (χ0n) is 13.1. The van der Waals surface area contributed by atoms with Gasteiger partial charge in [0.1, 0.15) is 17.3 Å². The molecule has 1 atom stereocenters. The molecule has 1 aromatic heterocycles. The lowest BCUT2D eigenvalue weighted by Gasteiger charge is -2.16. The van der Waals surface area contributed by atoms with Crippen molar-refractivity contribution in [3.63, 3.8) is 0 Å². The van der Waals surface area contributed by atoms with Crippen LogP contribution in [-0.4, -0.2) is 21.1 Å². The van der Waals surface area contributed by atoms with Crippen LogP contribution in [0.4, 0.5) is 11.5 Å². The second kappa shape index (κ2) is 6.39. The minimum atomic E-state index is -0.848. The maximum absolute atomic E-state index is 12.2. The van der Waals surface area contributed by atoms with Crippen molar-refractivity contribution in [3.8, 4) is 5.75 Å². The maximum atomic E-state index is 12.2. The van der Waals surface area contributed by atoms with Crippen LogP contribution < -0.4 is 27.0 Å². The molecule has 0 saturated carbocycles. The normalized spacial score (nSPS) is 11.8. The summed E-state index contributed by atoms with van der Waals surface area (Å²) in [6.07, 6.45) is -0.848. The number of nitrogens with two attached hydrogens (primary N) is 1. The van der Waals surface area contributed by atoms with Gasteiger partial charge in [-0.1, -0.05) is 18.2 Å². The minimum absolute atomic E-state index is 0.113. The van der Waals surface area contributed by atoms with Gasteiger partial charge >= 0.3 is 5.69 Å². The number of hydrogen-bond acceptors (Lipinski definition) is 5. The number of amides is 1. The molecule has 0 saturated heterocycles. The number of nitrogen functional groups attached to an aromatic ring is 1. The lowest BCUT2D eigenvalue weighted by atomic mass is 10.3. The number of ether oxygens (including phenoxy) is 1. The molecule has 1 unspecified atom stereocenters. The van der Waals surface area contributed by atoms with Crippen molar-refractivity contribution in [2.24, 2.45) is 14.1 Å². The fourth-order valence-electron chi connectivity index (χ4n) is 1.96. The second-order valence-corrected chi connectivity index (χ2v) is 5.03. The molecule has 2 rings (SSSR count). The van der Waals surface area contributed by atoms with Crippen molar-refractivity contribution < 1.29 is 9.53 Å². The molecule has 3 N–H and O–H groups in total. The third kappa shape index (κ3) is 3.25. The van der Waals surface area contributed by atoms with E-state index in [2.05, 4.69) is 5.32 Å². The number of para-hydroxylation sites is 1. The van der Waals surface area contributed by atoms with Gasteiger partial charge in [0.05, 0.1) is 0 Å². The summed E-state index contributed by atoms with van der Waals surface area (Å²) in [5.41, 5.74) is 4.35. The van der Waals surface area contributed by atoms with E-state index in [-0.39, 0.29) is 11.5 Å². The van der Waals surface area contributed by atoms with Crippen molar-refractivity contribution >= 4 is 17.4 Å². The molecular formula is C15H18N4O4. The van der Waals surface area contributed by atoms with Crippen LogP contribution in [0.3, 0.4) is 0 Å². The molecule has 0 fully saturated rings. The second-order valence-electron chi connectivity index (χ2n) is 5.03. The van der Waals surface area contributed by atoms with Gasteiger partial charge in [-0.05, 0) is 19.1 Å². The summed E-state index contributed by atoms with van der Waals surface area (Å²) < 4.78 is 7.43. The molecule has 8 heteroatoms. The van der Waals surface area contributed by atoms with Crippen LogP contribution in [0.2, 0.25) is 0 Å². The Morgan fingerprint density at radius 1 is 1.17 bits per heavy atom. The number of rotatable bonds is 4. The van der Waals surface area contributed by atoms with E-state index in [1.54, 1.807) is 31.2 Å². The third-order valence-electron chi connectivity index (χ3n) is 3.38. The highest BCUT2D eigenvalue weighted by atomic mass is 16.5. The summed E-state index contributed by atoms with van der Waals surface area (Å²) >= 11 is 0. The molecule has 1 heterocycles. The number of carbonyl (C=O) groups excluding carboxylic acids is 1. The highest BCUT2D eigenvalue weighted by Crippen LogP contribution is 2.13. The largest absolute Gasteiger partial charge is 0.481 e.